The number of nitrogens with one attached hydrogen (secondary N) is 1. The van der Waals surface area contributed by atoms with E-state index in [2.05, 4.69) is 25.5 Å². The minimum absolute atomic E-state index is 0.158. The molecule has 0 radical (unpaired) electrons. The van der Waals surface area contributed by atoms with Crippen LogP contribution in [0, 0.1) is 0 Å². The average Bonchev–Trinajstić information content (AvgIpc) is 2.37. The Labute approximate surface area is 98.1 Å². The Kier molecular flexibility index (Phi) is 3.29. The number of rotatable bonds is 4. The number of hydrogen-bond donors (Lipinski definition) is 2. The maximum Gasteiger partial charge on any atom is 0.225 e. The van der Waals surface area contributed by atoms with Gasteiger partial charge in [0.15, 0.2) is 0 Å². The summed E-state index contributed by atoms with van der Waals surface area (Å²) in [6.45, 7) is 0.507. The largest absolute Gasteiger partial charge is 0.481 e. The molecule has 0 bridgehead atoms. The molecule has 0 aliphatic rings. The van der Waals surface area contributed by atoms with E-state index in [9.17, 15) is 0 Å². The molecule has 0 spiro atoms. The quantitative estimate of drug-likeness (QED) is 0.790. The van der Waals surface area contributed by atoms with E-state index in [1.54, 1.807) is 12.3 Å². The van der Waals surface area contributed by atoms with Crippen molar-refractivity contribution in [2.24, 2.45) is 0 Å². The standard InChI is InChI=1S/C10H12N6O/c1-17-9-5-8(14-10(11)15-9)12-6-7-3-2-4-13-16-7/h2-5H,6H2,1H3,(H3,11,12,14,15). The number of aromatic nitrogens is 4. The van der Waals surface area contributed by atoms with Gasteiger partial charge < -0.3 is 15.8 Å². The van der Waals surface area contributed by atoms with Gasteiger partial charge in [-0.1, -0.05) is 0 Å². The van der Waals surface area contributed by atoms with Crippen molar-refractivity contribution in [1.29, 1.82) is 0 Å². The Balaban J connectivity index is 2.06. The van der Waals surface area contributed by atoms with Crippen molar-refractivity contribution in [3.63, 3.8) is 0 Å². The van der Waals surface area contributed by atoms with Crippen LogP contribution in [0.2, 0.25) is 0 Å². The fraction of sp³-hybridized carbons (Fsp3) is 0.200. The van der Waals surface area contributed by atoms with Gasteiger partial charge in [0, 0.05) is 12.3 Å². The number of ether oxygens (including phenoxy) is 1. The highest BCUT2D eigenvalue weighted by Gasteiger charge is 2.02. The molecule has 2 aromatic rings. The van der Waals surface area contributed by atoms with Gasteiger partial charge >= 0.3 is 0 Å². The lowest BCUT2D eigenvalue weighted by Gasteiger charge is -2.06. The summed E-state index contributed by atoms with van der Waals surface area (Å²) in [4.78, 5) is 7.91. The third-order valence-corrected chi connectivity index (χ3v) is 2.01. The SMILES string of the molecule is COc1cc(NCc2cccnn2)nc(N)n1. The van der Waals surface area contributed by atoms with Crippen molar-refractivity contribution in [2.45, 2.75) is 6.54 Å². The van der Waals surface area contributed by atoms with Crippen molar-refractivity contribution in [3.05, 3.63) is 30.1 Å². The first kappa shape index (κ1) is 11.1. The Hall–Kier alpha value is -2.44. The second kappa shape index (κ2) is 5.06. The summed E-state index contributed by atoms with van der Waals surface area (Å²) < 4.78 is 4.99. The van der Waals surface area contributed by atoms with Crippen molar-refractivity contribution in [1.82, 2.24) is 20.2 Å². The first-order chi connectivity index (χ1) is 8.28. The van der Waals surface area contributed by atoms with Gasteiger partial charge in [0.1, 0.15) is 5.82 Å². The molecule has 0 aliphatic heterocycles. The van der Waals surface area contributed by atoms with E-state index >= 15 is 0 Å². The third-order valence-electron chi connectivity index (χ3n) is 2.01. The lowest BCUT2D eigenvalue weighted by Crippen LogP contribution is -2.06. The van der Waals surface area contributed by atoms with E-state index in [0.29, 0.717) is 18.2 Å². The zero-order valence-corrected chi connectivity index (χ0v) is 9.29. The van der Waals surface area contributed by atoms with Crippen molar-refractivity contribution in [3.8, 4) is 5.88 Å². The minimum Gasteiger partial charge on any atom is -0.481 e. The van der Waals surface area contributed by atoms with E-state index in [4.69, 9.17) is 10.5 Å². The predicted octanol–water partition coefficient (Wildman–Crippen LogP) is 0.469. The Bertz CT molecular complexity index is 489. The van der Waals surface area contributed by atoms with E-state index in [1.807, 2.05) is 12.1 Å². The van der Waals surface area contributed by atoms with Gasteiger partial charge in [0.2, 0.25) is 11.8 Å². The topological polar surface area (TPSA) is 98.8 Å². The van der Waals surface area contributed by atoms with Crippen LogP contribution < -0.4 is 15.8 Å². The number of methoxy groups -OCH3 is 1. The highest BCUT2D eigenvalue weighted by atomic mass is 16.5. The molecule has 0 atom stereocenters. The molecule has 3 N–H and O–H groups in total. The van der Waals surface area contributed by atoms with E-state index < -0.39 is 0 Å². The van der Waals surface area contributed by atoms with Crippen LogP contribution in [-0.4, -0.2) is 27.3 Å². The van der Waals surface area contributed by atoms with Gasteiger partial charge in [-0.2, -0.15) is 20.2 Å². The lowest BCUT2D eigenvalue weighted by molar-refractivity contribution is 0.398. The molecule has 2 aromatic heterocycles. The number of hydrogen-bond acceptors (Lipinski definition) is 7. The van der Waals surface area contributed by atoms with Crippen LogP contribution in [0.4, 0.5) is 11.8 Å². The van der Waals surface area contributed by atoms with Crippen LogP contribution in [0.15, 0.2) is 24.4 Å². The average molecular weight is 232 g/mol. The molecule has 0 aliphatic carbocycles. The highest BCUT2D eigenvalue weighted by Crippen LogP contribution is 2.14. The van der Waals surface area contributed by atoms with E-state index in [-0.39, 0.29) is 5.95 Å². The monoisotopic (exact) mass is 232 g/mol. The second-order valence-electron chi connectivity index (χ2n) is 3.22. The molecular formula is C10H12N6O. The Morgan fingerprint density at radius 3 is 3.00 bits per heavy atom. The first-order valence-corrected chi connectivity index (χ1v) is 4.97. The van der Waals surface area contributed by atoms with Gasteiger partial charge in [-0.05, 0) is 12.1 Å². The fourth-order valence-electron chi connectivity index (χ4n) is 1.25. The van der Waals surface area contributed by atoms with Crippen LogP contribution in [0.3, 0.4) is 0 Å². The molecule has 0 unspecified atom stereocenters. The highest BCUT2D eigenvalue weighted by molar-refractivity contribution is 5.42. The summed E-state index contributed by atoms with van der Waals surface area (Å²) in [5.41, 5.74) is 6.34. The first-order valence-electron chi connectivity index (χ1n) is 4.97. The summed E-state index contributed by atoms with van der Waals surface area (Å²) in [6.07, 6.45) is 1.62. The van der Waals surface area contributed by atoms with Gasteiger partial charge in [-0.3, -0.25) is 0 Å². The summed E-state index contributed by atoms with van der Waals surface area (Å²) in [6, 6.07) is 5.34. The molecule has 2 heterocycles. The third kappa shape index (κ3) is 3.00. The molecule has 7 nitrogen and oxygen atoms in total. The molecule has 17 heavy (non-hydrogen) atoms. The van der Waals surface area contributed by atoms with Gasteiger partial charge in [0.25, 0.3) is 0 Å². The molecule has 0 fully saturated rings. The Morgan fingerprint density at radius 1 is 1.41 bits per heavy atom. The van der Waals surface area contributed by atoms with Gasteiger partial charge in [0.05, 0.1) is 19.3 Å². The molecular weight excluding hydrogens is 220 g/mol. The zero-order chi connectivity index (χ0) is 12.1. The zero-order valence-electron chi connectivity index (χ0n) is 9.29. The second-order valence-corrected chi connectivity index (χ2v) is 3.22. The molecule has 7 heteroatoms. The lowest BCUT2D eigenvalue weighted by atomic mass is 10.4. The summed E-state index contributed by atoms with van der Waals surface area (Å²) in [5, 5.41) is 10.8. The maximum absolute atomic E-state index is 5.53. The van der Waals surface area contributed by atoms with Crippen LogP contribution in [0.1, 0.15) is 5.69 Å². The molecule has 0 amide bonds. The van der Waals surface area contributed by atoms with E-state index in [0.717, 1.165) is 5.69 Å². The Morgan fingerprint density at radius 2 is 2.29 bits per heavy atom. The molecule has 0 aromatic carbocycles. The maximum atomic E-state index is 5.53. The molecule has 2 rings (SSSR count). The molecule has 0 saturated carbocycles. The van der Waals surface area contributed by atoms with Crippen molar-refractivity contribution < 1.29 is 4.74 Å². The van der Waals surface area contributed by atoms with Crippen LogP contribution in [-0.2, 0) is 6.54 Å². The van der Waals surface area contributed by atoms with Crippen molar-refractivity contribution >= 4 is 11.8 Å². The smallest absolute Gasteiger partial charge is 0.225 e. The van der Waals surface area contributed by atoms with E-state index in [1.165, 1.54) is 7.11 Å². The van der Waals surface area contributed by atoms with Gasteiger partial charge in [-0.25, -0.2) is 0 Å². The number of nitrogens with two attached hydrogens (primary N) is 1. The summed E-state index contributed by atoms with van der Waals surface area (Å²) in [5.74, 6) is 1.16. The van der Waals surface area contributed by atoms with Crippen LogP contribution >= 0.6 is 0 Å². The molecule has 0 saturated heterocycles. The van der Waals surface area contributed by atoms with Gasteiger partial charge in [-0.15, -0.1) is 0 Å². The summed E-state index contributed by atoms with van der Waals surface area (Å²) >= 11 is 0. The number of anilines is 2. The minimum atomic E-state index is 0.158. The summed E-state index contributed by atoms with van der Waals surface area (Å²) in [7, 11) is 1.52. The number of nitrogen functional groups attached to an aromatic ring is 1. The van der Waals surface area contributed by atoms with Crippen LogP contribution in [0.5, 0.6) is 5.88 Å². The fourth-order valence-corrected chi connectivity index (χ4v) is 1.25. The van der Waals surface area contributed by atoms with Crippen LogP contribution in [0.25, 0.3) is 0 Å². The molecule has 88 valence electrons. The normalized spacial score (nSPS) is 9.94. The van der Waals surface area contributed by atoms with Crippen molar-refractivity contribution in [2.75, 3.05) is 18.2 Å². The predicted molar refractivity (Wildman–Crippen MR) is 62.4 cm³/mol. The number of nitrogens with zero attached hydrogens (tertiary/aromatic N) is 4.